The molecule has 0 saturated heterocycles. The average Bonchev–Trinajstić information content (AvgIpc) is 4.15. The van der Waals surface area contributed by atoms with Gasteiger partial charge in [-0.25, -0.2) is 0 Å². The quantitative estimate of drug-likeness (QED) is 0.0885. The molecule has 0 aromatic heterocycles. The second kappa shape index (κ2) is 26.5. The summed E-state index contributed by atoms with van der Waals surface area (Å²) in [4.78, 5) is 0. The summed E-state index contributed by atoms with van der Waals surface area (Å²) in [5.41, 5.74) is 10.7. The molecule has 2 unspecified atom stereocenters. The molecule has 70 heavy (non-hydrogen) atoms. The molecule has 0 N–H and O–H groups in total. The molecule has 0 heterocycles. The Morgan fingerprint density at radius 2 is 0.657 bits per heavy atom. The maximum atomic E-state index is 2.31. The van der Waals surface area contributed by atoms with Crippen LogP contribution in [-0.4, -0.2) is 0 Å². The van der Waals surface area contributed by atoms with Crippen LogP contribution in [0.15, 0.2) is 243 Å². The van der Waals surface area contributed by atoms with Crippen molar-refractivity contribution in [2.24, 2.45) is 0 Å². The van der Waals surface area contributed by atoms with Crippen LogP contribution in [0, 0.1) is 27.7 Å². The Bertz CT molecular complexity index is 3190. The van der Waals surface area contributed by atoms with Crippen molar-refractivity contribution < 1.29 is 52.8 Å². The van der Waals surface area contributed by atoms with Gasteiger partial charge in [0.1, 0.15) is 0 Å². The third-order valence-corrected chi connectivity index (χ3v) is 14.9. The number of hydrogen-bond donors (Lipinski definition) is 0. The summed E-state index contributed by atoms with van der Waals surface area (Å²) in [5, 5.41) is 16.5. The third-order valence-electron chi connectivity index (χ3n) is 12.0. The summed E-state index contributed by atoms with van der Waals surface area (Å²) in [6.45, 7) is 8.67. The van der Waals surface area contributed by atoms with Crippen LogP contribution in [0.5, 0.6) is 0 Å². The van der Waals surface area contributed by atoms with E-state index in [1.807, 2.05) is 0 Å². The molecule has 2 atom stereocenters. The molecule has 0 fully saturated rings. The molecule has 0 aliphatic rings. The van der Waals surface area contributed by atoms with Crippen LogP contribution in [-0.2, 0) is 43.4 Å². The molecule has 344 valence electrons. The fourth-order valence-electron chi connectivity index (χ4n) is 8.69. The first-order chi connectivity index (χ1) is 32.3. The molecule has 0 aliphatic carbocycles. The normalized spacial score (nSPS) is 10.6. The minimum Gasteiger partial charge on any atom is -1.00 e. The SMILES string of the molecule is Cc1cc2c(-c3ccccc3)cccc2[cH-]1.Cc1cc2c(-c3ccccc3)cccc2[cH-]1.Cc1ccccc1Pc1cc2ccccc2[cH-]1.Cc1ccccc1Pc1cc2ccccc2[cH-]1.[F-].[F-].[Ti+2].[Ti+2]. The third kappa shape index (κ3) is 13.8. The molecular weight excluding hydrogens is 964 g/mol. The first kappa shape index (κ1) is 55.3. The van der Waals surface area contributed by atoms with Crippen LogP contribution < -0.4 is 30.6 Å². The zero-order valence-corrected chi connectivity index (χ0v) is 45.0. The minimum atomic E-state index is 0. The van der Waals surface area contributed by atoms with E-state index in [0.717, 1.165) is 17.2 Å². The van der Waals surface area contributed by atoms with E-state index in [0.29, 0.717) is 0 Å². The molecular formula is C64H54F2P2Ti2-2. The zero-order valence-electron chi connectivity index (χ0n) is 39.8. The van der Waals surface area contributed by atoms with E-state index in [-0.39, 0.29) is 52.8 Å². The number of rotatable bonds is 6. The van der Waals surface area contributed by atoms with Crippen molar-refractivity contribution in [2.75, 3.05) is 0 Å². The molecule has 0 amide bonds. The Kier molecular flexibility index (Phi) is 20.9. The maximum absolute atomic E-state index is 2.31. The maximum Gasteiger partial charge on any atom is 2.00 e. The molecule has 12 aromatic carbocycles. The van der Waals surface area contributed by atoms with Gasteiger partial charge in [-0.1, -0.05) is 176 Å². The van der Waals surface area contributed by atoms with Crippen LogP contribution in [0.25, 0.3) is 65.3 Å². The van der Waals surface area contributed by atoms with Gasteiger partial charge in [0.05, 0.1) is 0 Å². The van der Waals surface area contributed by atoms with Gasteiger partial charge < -0.3 is 9.41 Å². The minimum absolute atomic E-state index is 0. The van der Waals surface area contributed by atoms with Gasteiger partial charge in [-0.3, -0.25) is 0 Å². The van der Waals surface area contributed by atoms with Gasteiger partial charge in [0.2, 0.25) is 0 Å². The fourth-order valence-corrected chi connectivity index (χ4v) is 11.1. The standard InChI is InChI=1S/2C16H14P.2C16H13.2FH.2Ti/c2*1-12-6-2-5-9-16(12)17-15-10-13-7-3-4-8-14(13)11-15;2*1-12-10-14-8-5-9-15(16(14)11-12)13-6-3-2-4-7-13;;;;/h2*2-11,17H,1H3;2*2-11H,1H3;2*1H;;/q4*-1;;;2*+2/p-2. The van der Waals surface area contributed by atoms with E-state index in [1.54, 1.807) is 0 Å². The van der Waals surface area contributed by atoms with Crippen LogP contribution in [0.1, 0.15) is 22.3 Å². The average molecular weight is 1020 g/mol. The van der Waals surface area contributed by atoms with Crippen molar-refractivity contribution in [2.45, 2.75) is 27.7 Å². The van der Waals surface area contributed by atoms with Gasteiger partial charge >= 0.3 is 43.4 Å². The molecule has 0 nitrogen and oxygen atoms in total. The summed E-state index contributed by atoms with van der Waals surface area (Å²) >= 11 is 0. The molecule has 12 rings (SSSR count). The monoisotopic (exact) mass is 1020 g/mol. The van der Waals surface area contributed by atoms with E-state index in [9.17, 15) is 0 Å². The van der Waals surface area contributed by atoms with E-state index in [1.165, 1.54) is 109 Å². The van der Waals surface area contributed by atoms with Crippen LogP contribution in [0.3, 0.4) is 0 Å². The van der Waals surface area contributed by atoms with Crippen LogP contribution >= 0.6 is 17.2 Å². The summed E-state index contributed by atoms with van der Waals surface area (Å²) in [5.74, 6) is 0. The molecule has 0 saturated carbocycles. The van der Waals surface area contributed by atoms with Crippen molar-refractivity contribution in [1.82, 2.24) is 0 Å². The Morgan fingerprint density at radius 3 is 1.04 bits per heavy atom. The van der Waals surface area contributed by atoms with E-state index < -0.39 is 0 Å². The Balaban J connectivity index is 0.000000171. The smallest absolute Gasteiger partial charge is 1.00 e. The van der Waals surface area contributed by atoms with Crippen molar-refractivity contribution in [3.8, 4) is 22.3 Å². The Morgan fingerprint density at radius 1 is 0.314 bits per heavy atom. The summed E-state index contributed by atoms with van der Waals surface area (Å²) < 4.78 is 0. The number of aryl methyl sites for hydroxylation is 4. The van der Waals surface area contributed by atoms with Gasteiger partial charge in [-0.05, 0) is 46.7 Å². The summed E-state index contributed by atoms with van der Waals surface area (Å²) in [6, 6.07) is 86.7. The first-order valence-corrected chi connectivity index (χ1v) is 24.7. The number of fused-ring (bicyclic) bond motifs is 4. The molecule has 12 aromatic rings. The zero-order chi connectivity index (χ0) is 45.2. The van der Waals surface area contributed by atoms with Gasteiger partial charge in [-0.2, -0.15) is 24.3 Å². The van der Waals surface area contributed by atoms with Gasteiger partial charge in [0.25, 0.3) is 0 Å². The van der Waals surface area contributed by atoms with Crippen molar-refractivity contribution >= 4 is 81.5 Å². The molecule has 0 bridgehead atoms. The van der Waals surface area contributed by atoms with Gasteiger partial charge in [0.15, 0.2) is 0 Å². The Hall–Kier alpha value is -5.65. The molecule has 0 aliphatic heterocycles. The topological polar surface area (TPSA) is 0 Å². The fraction of sp³-hybridized carbons (Fsp3) is 0.0625. The molecule has 0 radical (unpaired) electrons. The van der Waals surface area contributed by atoms with E-state index in [2.05, 4.69) is 270 Å². The van der Waals surface area contributed by atoms with Crippen LogP contribution in [0.4, 0.5) is 0 Å². The molecule has 6 heteroatoms. The summed E-state index contributed by atoms with van der Waals surface area (Å²) in [7, 11) is 1.52. The van der Waals surface area contributed by atoms with Crippen molar-refractivity contribution in [3.63, 3.8) is 0 Å². The Labute approximate surface area is 445 Å². The van der Waals surface area contributed by atoms with Gasteiger partial charge in [0, 0.05) is 0 Å². The molecule has 0 spiro atoms. The van der Waals surface area contributed by atoms with Crippen molar-refractivity contribution in [1.29, 1.82) is 0 Å². The predicted molar refractivity (Wildman–Crippen MR) is 296 cm³/mol. The number of benzene rings is 8. The first-order valence-electron chi connectivity index (χ1n) is 22.7. The largest absolute Gasteiger partial charge is 2.00 e. The second-order valence-electron chi connectivity index (χ2n) is 17.0. The van der Waals surface area contributed by atoms with Crippen molar-refractivity contribution in [3.05, 3.63) is 265 Å². The predicted octanol–water partition coefficient (Wildman–Crippen LogP) is 10.1. The number of hydrogen-bond acceptors (Lipinski definition) is 0. The van der Waals surface area contributed by atoms with Crippen LogP contribution in [0.2, 0.25) is 0 Å². The van der Waals surface area contributed by atoms with Gasteiger partial charge in [-0.15, -0.1) is 150 Å². The van der Waals surface area contributed by atoms with E-state index >= 15 is 0 Å². The van der Waals surface area contributed by atoms with E-state index in [4.69, 9.17) is 0 Å². The number of halogens is 2. The summed E-state index contributed by atoms with van der Waals surface area (Å²) in [6.07, 6.45) is 0. The second-order valence-corrected chi connectivity index (χ2v) is 19.8.